The summed E-state index contributed by atoms with van der Waals surface area (Å²) in [4.78, 5) is 3.85. The van der Waals surface area contributed by atoms with Gasteiger partial charge in [-0.1, -0.05) is 24.3 Å². The minimum atomic E-state index is -3.60. The van der Waals surface area contributed by atoms with Crippen LogP contribution >= 0.6 is 0 Å². The van der Waals surface area contributed by atoms with Gasteiger partial charge in [0.25, 0.3) is 0 Å². The van der Waals surface area contributed by atoms with Crippen molar-refractivity contribution < 1.29 is 12.8 Å². The molecule has 0 amide bonds. The van der Waals surface area contributed by atoms with Gasteiger partial charge in [0, 0.05) is 24.2 Å². The number of rotatable bonds is 3. The fourth-order valence-electron chi connectivity index (χ4n) is 2.75. The lowest BCUT2D eigenvalue weighted by atomic mass is 9.94. The Kier molecular flexibility index (Phi) is 4.43. The number of halogens is 1. The first-order valence-corrected chi connectivity index (χ1v) is 9.68. The molecule has 0 aliphatic carbocycles. The second-order valence-electron chi connectivity index (χ2n) is 6.14. The van der Waals surface area contributed by atoms with Crippen molar-refractivity contribution in [3.05, 3.63) is 71.8 Å². The Bertz CT molecular complexity index is 1060. The number of pyridine rings is 1. The molecule has 1 aromatic heterocycles. The van der Waals surface area contributed by atoms with Gasteiger partial charge in [0.1, 0.15) is 10.7 Å². The summed E-state index contributed by atoms with van der Waals surface area (Å²) in [5.74, 6) is -0.755. The molecule has 2 aromatic carbocycles. The second kappa shape index (κ2) is 6.41. The molecule has 0 saturated heterocycles. The lowest BCUT2D eigenvalue weighted by Crippen LogP contribution is -2.01. The minimum Gasteiger partial charge on any atom is -0.264 e. The van der Waals surface area contributed by atoms with E-state index < -0.39 is 15.7 Å². The summed E-state index contributed by atoms with van der Waals surface area (Å²) in [6, 6.07) is 12.2. The molecular weight excluding hydrogens is 337 g/mol. The predicted octanol–water partition coefficient (Wildman–Crippen LogP) is 4.58. The van der Waals surface area contributed by atoms with Crippen molar-refractivity contribution in [2.75, 3.05) is 6.26 Å². The first-order chi connectivity index (χ1) is 11.8. The zero-order chi connectivity index (χ0) is 18.2. The summed E-state index contributed by atoms with van der Waals surface area (Å²) in [6.07, 6.45) is 4.35. The van der Waals surface area contributed by atoms with Crippen molar-refractivity contribution in [3.63, 3.8) is 0 Å². The number of nitrogens with zero attached hydrogens (tertiary/aromatic N) is 1. The van der Waals surface area contributed by atoms with Crippen LogP contribution in [0.3, 0.4) is 0 Å². The van der Waals surface area contributed by atoms with Crippen LogP contribution in [0.2, 0.25) is 0 Å². The maximum Gasteiger partial charge on any atom is 0.178 e. The molecule has 5 heteroatoms. The maximum atomic E-state index is 14.3. The Labute approximate surface area is 147 Å². The number of hydrogen-bond acceptors (Lipinski definition) is 3. The number of aromatic nitrogens is 1. The van der Waals surface area contributed by atoms with Crippen LogP contribution in [0.5, 0.6) is 0 Å². The van der Waals surface area contributed by atoms with Gasteiger partial charge in [0.2, 0.25) is 0 Å². The van der Waals surface area contributed by atoms with Crippen LogP contribution in [-0.4, -0.2) is 19.7 Å². The van der Waals surface area contributed by atoms with Gasteiger partial charge >= 0.3 is 0 Å². The molecule has 25 heavy (non-hydrogen) atoms. The highest BCUT2D eigenvalue weighted by Crippen LogP contribution is 2.33. The van der Waals surface area contributed by atoms with E-state index in [0.717, 1.165) is 22.9 Å². The third-order valence-corrected chi connectivity index (χ3v) is 5.41. The summed E-state index contributed by atoms with van der Waals surface area (Å²) in [5.41, 5.74) is 5.63. The van der Waals surface area contributed by atoms with Gasteiger partial charge in [-0.3, -0.25) is 4.98 Å². The van der Waals surface area contributed by atoms with Gasteiger partial charge in [-0.05, 0) is 59.9 Å². The Hall–Kier alpha value is -2.53. The van der Waals surface area contributed by atoms with Crippen LogP contribution in [0.1, 0.15) is 11.1 Å². The van der Waals surface area contributed by atoms with E-state index in [9.17, 15) is 12.8 Å². The lowest BCUT2D eigenvalue weighted by molar-refractivity contribution is 0.571. The Morgan fingerprint density at radius 3 is 2.20 bits per heavy atom. The molecule has 0 N–H and O–H groups in total. The van der Waals surface area contributed by atoms with Gasteiger partial charge in [0.15, 0.2) is 9.84 Å². The standard InChI is InChI=1S/C20H18FNO2S/c1-13-4-5-15(10-14(13)2)17-8-9-22-12-18(17)16-6-7-20(19(21)11-16)25(3,23)24/h4-12H,1-3H3. The summed E-state index contributed by atoms with van der Waals surface area (Å²) in [7, 11) is -3.60. The van der Waals surface area contributed by atoms with Gasteiger partial charge < -0.3 is 0 Å². The third kappa shape index (κ3) is 3.46. The number of aryl methyl sites for hydroxylation is 2. The molecule has 3 rings (SSSR count). The summed E-state index contributed by atoms with van der Waals surface area (Å²) < 4.78 is 37.5. The molecule has 0 spiro atoms. The van der Waals surface area contributed by atoms with E-state index >= 15 is 0 Å². The largest absolute Gasteiger partial charge is 0.264 e. The monoisotopic (exact) mass is 355 g/mol. The quantitative estimate of drug-likeness (QED) is 0.691. The number of sulfone groups is 1. The molecule has 0 atom stereocenters. The van der Waals surface area contributed by atoms with Gasteiger partial charge in [-0.2, -0.15) is 0 Å². The fourth-order valence-corrected chi connectivity index (χ4v) is 3.48. The van der Waals surface area contributed by atoms with Crippen molar-refractivity contribution in [2.24, 2.45) is 0 Å². The molecule has 0 unspecified atom stereocenters. The van der Waals surface area contributed by atoms with Gasteiger partial charge in [0.05, 0.1) is 0 Å². The van der Waals surface area contributed by atoms with Crippen LogP contribution < -0.4 is 0 Å². The van der Waals surface area contributed by atoms with E-state index in [1.807, 2.05) is 32.0 Å². The van der Waals surface area contributed by atoms with E-state index in [1.54, 1.807) is 18.5 Å². The van der Waals surface area contributed by atoms with Crippen LogP contribution in [0.4, 0.5) is 4.39 Å². The molecule has 3 aromatic rings. The average molecular weight is 355 g/mol. The van der Waals surface area contributed by atoms with Crippen molar-refractivity contribution in [1.82, 2.24) is 4.98 Å². The van der Waals surface area contributed by atoms with Crippen LogP contribution in [0.25, 0.3) is 22.3 Å². The van der Waals surface area contributed by atoms with Crippen molar-refractivity contribution in [2.45, 2.75) is 18.7 Å². The summed E-state index contributed by atoms with van der Waals surface area (Å²) in [6.45, 7) is 4.09. The summed E-state index contributed by atoms with van der Waals surface area (Å²) in [5, 5.41) is 0. The van der Waals surface area contributed by atoms with Crippen LogP contribution in [0.15, 0.2) is 59.8 Å². The second-order valence-corrected chi connectivity index (χ2v) is 8.12. The van der Waals surface area contributed by atoms with E-state index in [1.165, 1.54) is 23.3 Å². The minimum absolute atomic E-state index is 0.298. The maximum absolute atomic E-state index is 14.3. The smallest absolute Gasteiger partial charge is 0.178 e. The normalized spacial score (nSPS) is 11.5. The highest BCUT2D eigenvalue weighted by atomic mass is 32.2. The predicted molar refractivity (Wildman–Crippen MR) is 97.7 cm³/mol. The first-order valence-electron chi connectivity index (χ1n) is 7.79. The Morgan fingerprint density at radius 1 is 0.880 bits per heavy atom. The molecule has 1 heterocycles. The van der Waals surface area contributed by atoms with E-state index in [0.29, 0.717) is 5.56 Å². The lowest BCUT2D eigenvalue weighted by Gasteiger charge is -2.12. The SMILES string of the molecule is Cc1ccc(-c2ccncc2-c2ccc(S(C)(=O)=O)c(F)c2)cc1C. The topological polar surface area (TPSA) is 47.0 Å². The molecule has 0 aliphatic heterocycles. The highest BCUT2D eigenvalue weighted by Gasteiger charge is 2.16. The van der Waals surface area contributed by atoms with Gasteiger partial charge in [-0.15, -0.1) is 0 Å². The molecule has 3 nitrogen and oxygen atoms in total. The van der Waals surface area contributed by atoms with E-state index in [-0.39, 0.29) is 4.90 Å². The number of hydrogen-bond donors (Lipinski definition) is 0. The van der Waals surface area contributed by atoms with Gasteiger partial charge in [-0.25, -0.2) is 12.8 Å². The van der Waals surface area contributed by atoms with Crippen LogP contribution in [-0.2, 0) is 9.84 Å². The fraction of sp³-hybridized carbons (Fsp3) is 0.150. The zero-order valence-electron chi connectivity index (χ0n) is 14.2. The first kappa shape index (κ1) is 17.3. The molecule has 0 fully saturated rings. The zero-order valence-corrected chi connectivity index (χ0v) is 15.1. The molecule has 0 aliphatic rings. The number of benzene rings is 2. The van der Waals surface area contributed by atoms with E-state index in [4.69, 9.17) is 0 Å². The molecular formula is C20H18FNO2S. The molecule has 0 bridgehead atoms. The van der Waals surface area contributed by atoms with Crippen molar-refractivity contribution in [3.8, 4) is 22.3 Å². The van der Waals surface area contributed by atoms with Crippen molar-refractivity contribution >= 4 is 9.84 Å². The summed E-state index contributed by atoms with van der Waals surface area (Å²) >= 11 is 0. The highest BCUT2D eigenvalue weighted by molar-refractivity contribution is 7.90. The molecule has 128 valence electrons. The Balaban J connectivity index is 2.16. The van der Waals surface area contributed by atoms with E-state index in [2.05, 4.69) is 11.1 Å². The third-order valence-electron chi connectivity index (χ3n) is 4.28. The van der Waals surface area contributed by atoms with Crippen LogP contribution in [0, 0.1) is 19.7 Å². The average Bonchev–Trinajstić information content (AvgIpc) is 2.56. The molecule has 0 radical (unpaired) electrons. The Morgan fingerprint density at radius 2 is 1.56 bits per heavy atom. The van der Waals surface area contributed by atoms with Crippen molar-refractivity contribution in [1.29, 1.82) is 0 Å². The molecule has 0 saturated carbocycles.